The van der Waals surface area contributed by atoms with Gasteiger partial charge in [-0.3, -0.25) is 4.79 Å². The summed E-state index contributed by atoms with van der Waals surface area (Å²) in [4.78, 5) is 17.0. The average Bonchev–Trinajstić information content (AvgIpc) is 2.76. The maximum atomic E-state index is 11.6. The Morgan fingerprint density at radius 3 is 3.00 bits per heavy atom. The monoisotopic (exact) mass is 333 g/mol. The molecule has 0 unspecified atom stereocenters. The third-order valence-electron chi connectivity index (χ3n) is 1.74. The molecule has 6 heteroatoms. The molecule has 0 radical (unpaired) electrons. The van der Waals surface area contributed by atoms with Crippen LogP contribution in [0, 0.1) is 0 Å². The van der Waals surface area contributed by atoms with Crippen molar-refractivity contribution in [2.24, 2.45) is 4.99 Å². The van der Waals surface area contributed by atoms with Crippen LogP contribution < -0.4 is 0 Å². The largest absolute Gasteiger partial charge is 0.279 e. The van der Waals surface area contributed by atoms with Crippen molar-refractivity contribution in [3.8, 4) is 0 Å². The van der Waals surface area contributed by atoms with Crippen LogP contribution in [-0.2, 0) is 4.79 Å². The van der Waals surface area contributed by atoms with Gasteiger partial charge in [-0.2, -0.15) is 0 Å². The van der Waals surface area contributed by atoms with E-state index in [9.17, 15) is 4.79 Å². The van der Waals surface area contributed by atoms with Gasteiger partial charge in [-0.25, -0.2) is 4.99 Å². The molecule has 16 heavy (non-hydrogen) atoms. The lowest BCUT2D eigenvalue weighted by molar-refractivity contribution is -0.107. The summed E-state index contributed by atoms with van der Waals surface area (Å²) >= 11 is 7.82. The summed E-state index contributed by atoms with van der Waals surface area (Å²) in [6.45, 7) is 2.05. The molecule has 0 aromatic carbocycles. The molecule has 0 atom stereocenters. The standard InChI is InChI=1S/C10H8BrNOS3/c1-2-14-10-12-7(9(13)16-10)5-6-3-4-8(11)15-6/h3-5H,2H2,1H3/b7-5-. The molecule has 1 aliphatic rings. The highest BCUT2D eigenvalue weighted by Gasteiger charge is 2.21. The van der Waals surface area contributed by atoms with Crippen LogP contribution in [0.4, 0.5) is 0 Å². The molecule has 1 aromatic rings. The van der Waals surface area contributed by atoms with Gasteiger partial charge in [0.2, 0.25) is 5.12 Å². The minimum atomic E-state index is 0.0421. The zero-order chi connectivity index (χ0) is 11.5. The molecule has 0 saturated carbocycles. The van der Waals surface area contributed by atoms with Crippen molar-refractivity contribution in [2.75, 3.05) is 5.75 Å². The third kappa shape index (κ3) is 3.00. The number of rotatable bonds is 2. The molecule has 0 fully saturated rings. The van der Waals surface area contributed by atoms with Crippen molar-refractivity contribution in [2.45, 2.75) is 6.92 Å². The van der Waals surface area contributed by atoms with Crippen LogP contribution in [0.25, 0.3) is 6.08 Å². The Hall–Kier alpha value is -0.0400. The fraction of sp³-hybridized carbons (Fsp3) is 0.200. The molecule has 84 valence electrons. The van der Waals surface area contributed by atoms with E-state index >= 15 is 0 Å². The molecule has 0 amide bonds. The molecule has 0 N–H and O–H groups in total. The lowest BCUT2D eigenvalue weighted by atomic mass is 10.4. The minimum absolute atomic E-state index is 0.0421. The number of thiophene rings is 1. The van der Waals surface area contributed by atoms with Gasteiger partial charge in [-0.05, 0) is 51.7 Å². The normalized spacial score (nSPS) is 18.2. The lowest BCUT2D eigenvalue weighted by Crippen LogP contribution is -1.87. The van der Waals surface area contributed by atoms with Gasteiger partial charge < -0.3 is 0 Å². The zero-order valence-corrected chi connectivity index (χ0v) is 12.4. The van der Waals surface area contributed by atoms with Gasteiger partial charge in [0.05, 0.1) is 3.79 Å². The number of aliphatic imine (C=N–C) groups is 1. The van der Waals surface area contributed by atoms with Crippen LogP contribution in [0.5, 0.6) is 0 Å². The number of nitrogens with zero attached hydrogens (tertiary/aromatic N) is 1. The fourth-order valence-corrected chi connectivity index (χ4v) is 4.21. The number of hydrogen-bond acceptors (Lipinski definition) is 5. The lowest BCUT2D eigenvalue weighted by Gasteiger charge is -1.89. The van der Waals surface area contributed by atoms with Gasteiger partial charge in [0, 0.05) is 4.88 Å². The van der Waals surface area contributed by atoms with Gasteiger partial charge in [-0.15, -0.1) is 11.3 Å². The Balaban J connectivity index is 2.21. The Labute approximate surface area is 115 Å². The third-order valence-corrected chi connectivity index (χ3v) is 5.20. The number of halogens is 1. The van der Waals surface area contributed by atoms with Crippen molar-refractivity contribution in [3.63, 3.8) is 0 Å². The molecule has 2 rings (SSSR count). The van der Waals surface area contributed by atoms with E-state index in [4.69, 9.17) is 0 Å². The maximum Gasteiger partial charge on any atom is 0.244 e. The summed E-state index contributed by atoms with van der Waals surface area (Å²) in [6, 6.07) is 3.94. The van der Waals surface area contributed by atoms with Crippen molar-refractivity contribution in [1.82, 2.24) is 0 Å². The van der Waals surface area contributed by atoms with Gasteiger partial charge in [0.25, 0.3) is 0 Å². The summed E-state index contributed by atoms with van der Waals surface area (Å²) in [7, 11) is 0. The highest BCUT2D eigenvalue weighted by molar-refractivity contribution is 9.11. The first-order valence-corrected chi connectivity index (χ1v) is 8.01. The van der Waals surface area contributed by atoms with Gasteiger partial charge >= 0.3 is 0 Å². The van der Waals surface area contributed by atoms with E-state index in [0.29, 0.717) is 5.70 Å². The van der Waals surface area contributed by atoms with Gasteiger partial charge in [0.1, 0.15) is 10.1 Å². The smallest absolute Gasteiger partial charge is 0.244 e. The van der Waals surface area contributed by atoms with Crippen molar-refractivity contribution >= 4 is 66.4 Å². The van der Waals surface area contributed by atoms with E-state index in [-0.39, 0.29) is 5.12 Å². The van der Waals surface area contributed by atoms with Crippen LogP contribution in [0.2, 0.25) is 0 Å². The molecule has 2 nitrogen and oxygen atoms in total. The number of thioether (sulfide) groups is 2. The minimum Gasteiger partial charge on any atom is -0.279 e. The van der Waals surface area contributed by atoms with Crippen molar-refractivity contribution < 1.29 is 4.79 Å². The van der Waals surface area contributed by atoms with E-state index in [2.05, 4.69) is 27.8 Å². The quantitative estimate of drug-likeness (QED) is 0.758. The molecular formula is C10H8BrNOS3. The van der Waals surface area contributed by atoms with E-state index in [1.807, 2.05) is 18.2 Å². The predicted molar refractivity (Wildman–Crippen MR) is 78.2 cm³/mol. The highest BCUT2D eigenvalue weighted by atomic mass is 79.9. The fourth-order valence-electron chi connectivity index (χ4n) is 1.12. The molecule has 2 heterocycles. The number of carbonyl (C=O) groups excluding carboxylic acids is 1. The van der Waals surface area contributed by atoms with Crippen LogP contribution in [-0.4, -0.2) is 15.2 Å². The highest BCUT2D eigenvalue weighted by Crippen LogP contribution is 2.32. The summed E-state index contributed by atoms with van der Waals surface area (Å²) in [5.41, 5.74) is 0.551. The van der Waals surface area contributed by atoms with Crippen molar-refractivity contribution in [1.29, 1.82) is 0 Å². The number of carbonyl (C=O) groups is 1. The van der Waals surface area contributed by atoms with Crippen LogP contribution in [0.15, 0.2) is 26.6 Å². The summed E-state index contributed by atoms with van der Waals surface area (Å²) < 4.78 is 1.92. The second-order valence-electron chi connectivity index (χ2n) is 2.87. The molecular weight excluding hydrogens is 326 g/mol. The Bertz CT molecular complexity index is 478. The average molecular weight is 334 g/mol. The molecule has 0 aliphatic carbocycles. The molecule has 0 saturated heterocycles. The van der Waals surface area contributed by atoms with Crippen LogP contribution in [0.3, 0.4) is 0 Å². The SMILES string of the molecule is CCSC1=N/C(=C\c2ccc(Br)s2)C(=O)S1. The first-order chi connectivity index (χ1) is 7.69. The molecule has 1 aromatic heterocycles. The first kappa shape index (κ1) is 12.4. The van der Waals surface area contributed by atoms with Gasteiger partial charge in [-0.1, -0.05) is 18.7 Å². The first-order valence-electron chi connectivity index (χ1n) is 4.59. The molecule has 0 bridgehead atoms. The molecule has 0 spiro atoms. The van der Waals surface area contributed by atoms with E-state index in [1.165, 1.54) is 11.8 Å². The van der Waals surface area contributed by atoms with Crippen molar-refractivity contribution in [3.05, 3.63) is 26.5 Å². The van der Waals surface area contributed by atoms with Crippen LogP contribution >= 0.6 is 50.8 Å². The zero-order valence-electron chi connectivity index (χ0n) is 8.40. The summed E-state index contributed by atoms with van der Waals surface area (Å²) in [6.07, 6.45) is 1.84. The van der Waals surface area contributed by atoms with Crippen LogP contribution in [0.1, 0.15) is 11.8 Å². The Kier molecular flexibility index (Phi) is 4.29. The second kappa shape index (κ2) is 5.53. The predicted octanol–water partition coefficient (Wildman–Crippen LogP) is 4.23. The van der Waals surface area contributed by atoms with E-state index in [0.717, 1.165) is 18.8 Å². The summed E-state index contributed by atoms with van der Waals surface area (Å²) in [5, 5.41) is 0.0421. The topological polar surface area (TPSA) is 29.4 Å². The number of hydrogen-bond donors (Lipinski definition) is 0. The molecule has 1 aliphatic heterocycles. The van der Waals surface area contributed by atoms with E-state index < -0.39 is 0 Å². The second-order valence-corrected chi connectivity index (χ2v) is 7.84. The Morgan fingerprint density at radius 1 is 1.56 bits per heavy atom. The summed E-state index contributed by atoms with van der Waals surface area (Å²) in [5.74, 6) is 0.941. The van der Waals surface area contributed by atoms with Gasteiger partial charge in [0.15, 0.2) is 0 Å². The van der Waals surface area contributed by atoms with E-state index in [1.54, 1.807) is 23.1 Å². The maximum absolute atomic E-state index is 11.6. The Morgan fingerprint density at radius 2 is 2.38 bits per heavy atom.